The summed E-state index contributed by atoms with van der Waals surface area (Å²) < 4.78 is 11.1. The van der Waals surface area contributed by atoms with Crippen LogP contribution < -0.4 is 11.5 Å². The van der Waals surface area contributed by atoms with Gasteiger partial charge in [0.15, 0.2) is 0 Å². The molecule has 0 aromatic carbocycles. The van der Waals surface area contributed by atoms with E-state index in [1.54, 1.807) is 9.80 Å². The highest BCUT2D eigenvalue weighted by Crippen LogP contribution is 2.35. The van der Waals surface area contributed by atoms with Crippen LogP contribution in [-0.2, 0) is 41.5 Å². The van der Waals surface area contributed by atoms with E-state index in [1.807, 2.05) is 45.1 Å². The van der Waals surface area contributed by atoms with Gasteiger partial charge in [-0.2, -0.15) is 0 Å². The van der Waals surface area contributed by atoms with E-state index >= 15 is 0 Å². The number of carbonyl (C=O) groups is 4. The molecule has 4 N–H and O–H groups in total. The lowest BCUT2D eigenvalue weighted by Crippen LogP contribution is -2.44. The van der Waals surface area contributed by atoms with E-state index in [-0.39, 0.29) is 38.0 Å². The Hall–Kier alpha value is -4.82. The van der Waals surface area contributed by atoms with Crippen LogP contribution in [0.3, 0.4) is 0 Å². The van der Waals surface area contributed by atoms with Gasteiger partial charge in [0.1, 0.15) is 45.1 Å². The summed E-state index contributed by atoms with van der Waals surface area (Å²) in [4.78, 5) is 62.5. The van der Waals surface area contributed by atoms with Crippen molar-refractivity contribution < 1.29 is 28.7 Å². The Labute approximate surface area is 319 Å². The highest BCUT2D eigenvalue weighted by Gasteiger charge is 2.34. The largest absolute Gasteiger partial charge is 0.463 e. The predicted molar refractivity (Wildman–Crippen MR) is 209 cm³/mol. The number of allylic oxidation sites excluding steroid dienone is 8. The second-order valence-corrected chi connectivity index (χ2v) is 15.7. The van der Waals surface area contributed by atoms with E-state index in [2.05, 4.69) is 37.0 Å². The Morgan fingerprint density at radius 1 is 0.774 bits per heavy atom. The van der Waals surface area contributed by atoms with Gasteiger partial charge in [0.2, 0.25) is 23.6 Å². The molecule has 12 nitrogen and oxygen atoms in total. The van der Waals surface area contributed by atoms with Crippen molar-refractivity contribution in [1.29, 1.82) is 0 Å². The first kappa shape index (κ1) is 40.9. The second-order valence-electron chi connectivity index (χ2n) is 13.5. The normalized spacial score (nSPS) is 19.6. The number of rotatable bonds is 9. The number of hydrogen-bond acceptors (Lipinski definition) is 10. The molecule has 0 spiro atoms. The van der Waals surface area contributed by atoms with Crippen LogP contribution in [0.2, 0.25) is 0 Å². The fourth-order valence-electron chi connectivity index (χ4n) is 6.60. The molecule has 6 rings (SSSR count). The van der Waals surface area contributed by atoms with Crippen molar-refractivity contribution in [3.63, 3.8) is 0 Å². The predicted octanol–water partition coefficient (Wildman–Crippen LogP) is 5.88. The number of aromatic nitrogens is 2. The Morgan fingerprint density at radius 2 is 1.21 bits per heavy atom. The Balaban J connectivity index is 0.000000233. The number of primary amides is 2. The molecule has 0 bridgehead atoms. The van der Waals surface area contributed by atoms with Gasteiger partial charge in [0.05, 0.1) is 34.0 Å². The summed E-state index contributed by atoms with van der Waals surface area (Å²) in [7, 11) is 0. The molecule has 53 heavy (non-hydrogen) atoms. The van der Waals surface area contributed by atoms with Gasteiger partial charge < -0.3 is 30.7 Å². The monoisotopic (exact) mass is 762 g/mol. The highest BCUT2D eigenvalue weighted by atomic mass is 32.1. The molecule has 0 radical (unpaired) electrons. The van der Waals surface area contributed by atoms with Crippen LogP contribution >= 0.6 is 22.7 Å². The van der Waals surface area contributed by atoms with Crippen LogP contribution in [0, 0.1) is 19.8 Å². The summed E-state index contributed by atoms with van der Waals surface area (Å²) in [5, 5.41) is 1.47. The standard InChI is InChI=1S/C20H25N3O3S.C18H21N3O3S.CH4/c1-11(2)16-9-14(8-12(3)26-16)19-13(4)22-17(27-19)10-18(24)23-7-5-6-15(23)20(21)25;1-10-7-13(8-11(2)24-10)17-12(3)20-15(25-17)9-16(22)21-6-4-5-14(21)18(19)23;/h8-9,11,15H,3,5-7,10H2,1-2,4H3,(H2,21,25);7-8,14H,1,4-6,9H2,2-3H3,(H2,19,23);1H4/t15-;14-;/m00./s1. The van der Waals surface area contributed by atoms with Gasteiger partial charge in [-0.1, -0.05) is 34.4 Å². The highest BCUT2D eigenvalue weighted by molar-refractivity contribution is 7.13. The Bertz CT molecular complexity index is 1930. The van der Waals surface area contributed by atoms with Crippen molar-refractivity contribution >= 4 is 57.4 Å². The molecule has 2 aromatic heterocycles. The number of nitrogens with zero attached hydrogens (tertiary/aromatic N) is 4. The maximum Gasteiger partial charge on any atom is 0.240 e. The number of thiazole rings is 2. The number of aryl methyl sites for hydroxylation is 2. The average Bonchev–Trinajstić information content (AvgIpc) is 3.87. The molecule has 2 fully saturated rings. The van der Waals surface area contributed by atoms with Gasteiger partial charge in [-0.05, 0) is 70.8 Å². The van der Waals surface area contributed by atoms with E-state index in [0.29, 0.717) is 37.4 Å². The summed E-state index contributed by atoms with van der Waals surface area (Å²) in [5.74, 6) is 2.01. The summed E-state index contributed by atoms with van der Waals surface area (Å²) in [6.07, 6.45) is 11.0. The molecule has 2 aromatic rings. The van der Waals surface area contributed by atoms with Gasteiger partial charge in [-0.15, -0.1) is 22.7 Å². The Kier molecular flexibility index (Phi) is 13.4. The van der Waals surface area contributed by atoms with E-state index in [0.717, 1.165) is 66.7 Å². The summed E-state index contributed by atoms with van der Waals surface area (Å²) in [5.41, 5.74) is 14.5. The molecule has 0 aliphatic carbocycles. The molecule has 0 unspecified atom stereocenters. The lowest BCUT2D eigenvalue weighted by molar-refractivity contribution is -0.136. The maximum absolute atomic E-state index is 12.6. The molecule has 2 atom stereocenters. The lowest BCUT2D eigenvalue weighted by Gasteiger charge is -2.21. The minimum atomic E-state index is -0.490. The van der Waals surface area contributed by atoms with Crippen LogP contribution in [0.25, 0.3) is 11.1 Å². The van der Waals surface area contributed by atoms with E-state index in [9.17, 15) is 19.2 Å². The van der Waals surface area contributed by atoms with Crippen LogP contribution in [-0.4, -0.2) is 68.6 Å². The van der Waals surface area contributed by atoms with Crippen LogP contribution in [0.5, 0.6) is 0 Å². The molecule has 0 saturated carbocycles. The molecule has 14 heteroatoms. The fourth-order valence-corrected chi connectivity index (χ4v) is 8.69. The molecule has 284 valence electrons. The van der Waals surface area contributed by atoms with Crippen molar-refractivity contribution in [3.05, 3.63) is 91.7 Å². The first-order chi connectivity index (χ1) is 24.6. The summed E-state index contributed by atoms with van der Waals surface area (Å²) in [6, 6.07) is -0.976. The van der Waals surface area contributed by atoms with Gasteiger partial charge >= 0.3 is 0 Å². The molecule has 4 aliphatic heterocycles. The third kappa shape index (κ3) is 9.79. The third-order valence-corrected chi connectivity index (χ3v) is 11.4. The number of carbonyl (C=O) groups excluding carboxylic acids is 4. The maximum atomic E-state index is 12.6. The van der Waals surface area contributed by atoms with Crippen LogP contribution in [0.4, 0.5) is 0 Å². The van der Waals surface area contributed by atoms with Gasteiger partial charge in [0.25, 0.3) is 0 Å². The molecule has 4 aliphatic rings. The van der Waals surface area contributed by atoms with Crippen LogP contribution in [0.15, 0.2) is 60.5 Å². The fraction of sp³-hybridized carbons (Fsp3) is 0.436. The van der Waals surface area contributed by atoms with E-state index in [1.165, 1.54) is 22.7 Å². The van der Waals surface area contributed by atoms with Crippen molar-refractivity contribution in [2.75, 3.05) is 13.1 Å². The zero-order chi connectivity index (χ0) is 37.9. The van der Waals surface area contributed by atoms with Crippen molar-refractivity contribution in [3.8, 4) is 0 Å². The molecule has 4 amide bonds. The number of ether oxygens (including phenoxy) is 2. The number of amides is 4. The average molecular weight is 763 g/mol. The molecule has 2 saturated heterocycles. The van der Waals surface area contributed by atoms with Crippen molar-refractivity contribution in [2.24, 2.45) is 17.4 Å². The molecule has 6 heterocycles. The first-order valence-electron chi connectivity index (χ1n) is 17.3. The van der Waals surface area contributed by atoms with Gasteiger partial charge in [0, 0.05) is 30.2 Å². The van der Waals surface area contributed by atoms with E-state index < -0.39 is 23.9 Å². The van der Waals surface area contributed by atoms with Gasteiger partial charge in [-0.25, -0.2) is 9.97 Å². The topological polar surface area (TPSA) is 171 Å². The lowest BCUT2D eigenvalue weighted by atomic mass is 10.0. The first-order valence-corrected chi connectivity index (χ1v) is 18.9. The number of nitrogens with two attached hydrogens (primary N) is 2. The van der Waals surface area contributed by atoms with Gasteiger partial charge in [-0.3, -0.25) is 19.2 Å². The molecular formula is C39H50N6O6S2. The second kappa shape index (κ2) is 17.3. The Morgan fingerprint density at radius 3 is 1.62 bits per heavy atom. The number of likely N-dealkylation sites (tertiary alicyclic amines) is 2. The number of hydrogen-bond donors (Lipinski definition) is 2. The van der Waals surface area contributed by atoms with Crippen molar-refractivity contribution in [1.82, 2.24) is 19.8 Å². The molecular weight excluding hydrogens is 713 g/mol. The smallest absolute Gasteiger partial charge is 0.240 e. The zero-order valence-corrected chi connectivity index (χ0v) is 32.0. The van der Waals surface area contributed by atoms with E-state index in [4.69, 9.17) is 20.9 Å². The van der Waals surface area contributed by atoms with Crippen LogP contribution in [0.1, 0.15) is 85.0 Å². The van der Waals surface area contributed by atoms with Crippen molar-refractivity contribution in [2.45, 2.75) is 92.7 Å². The quantitative estimate of drug-likeness (QED) is 0.319. The minimum Gasteiger partial charge on any atom is -0.463 e. The summed E-state index contributed by atoms with van der Waals surface area (Å²) in [6.45, 7) is 18.8. The SMILES string of the molecule is C.C=C1C=C(c2sc(CC(=O)N3CCC[C@H]3C(N)=O)nc2C)C=C(C(C)C)O1.C=C1C=C(c2sc(CC(=O)N3CCC[C@H]3C(N)=O)nc2C)C=C(C)O1. The summed E-state index contributed by atoms with van der Waals surface area (Å²) >= 11 is 2.98. The third-order valence-electron chi connectivity index (χ3n) is 9.01. The minimum absolute atomic E-state index is 0. The zero-order valence-electron chi connectivity index (χ0n) is 30.3.